The Bertz CT molecular complexity index is 187. The molecule has 0 fully saturated rings. The number of nitriles is 1. The third-order valence-corrected chi connectivity index (χ3v) is 1.52. The van der Waals surface area contributed by atoms with Crippen LogP contribution in [0.2, 0.25) is 0 Å². The van der Waals surface area contributed by atoms with E-state index >= 15 is 0 Å². The second kappa shape index (κ2) is 7.53. The van der Waals surface area contributed by atoms with Gasteiger partial charge in [0.15, 0.2) is 0 Å². The molecule has 0 rings (SSSR count). The van der Waals surface area contributed by atoms with Gasteiger partial charge in [0.1, 0.15) is 6.54 Å². The van der Waals surface area contributed by atoms with Gasteiger partial charge in [-0.2, -0.15) is 5.26 Å². The summed E-state index contributed by atoms with van der Waals surface area (Å²) in [5, 5.41) is 10.7. The SMILES string of the molecule is CN(CCCN)CC(=O)NCC#N. The molecular weight excluding hydrogens is 168 g/mol. The summed E-state index contributed by atoms with van der Waals surface area (Å²) in [6.45, 7) is 1.83. The summed E-state index contributed by atoms with van der Waals surface area (Å²) in [4.78, 5) is 12.9. The Morgan fingerprint density at radius 2 is 2.38 bits per heavy atom. The van der Waals surface area contributed by atoms with E-state index in [1.807, 2.05) is 18.0 Å². The van der Waals surface area contributed by atoms with E-state index in [-0.39, 0.29) is 12.5 Å². The first kappa shape index (κ1) is 11.9. The smallest absolute Gasteiger partial charge is 0.234 e. The van der Waals surface area contributed by atoms with Gasteiger partial charge in [-0.05, 0) is 26.6 Å². The van der Waals surface area contributed by atoms with Crippen LogP contribution in [0.15, 0.2) is 0 Å². The third kappa shape index (κ3) is 7.25. The summed E-state index contributed by atoms with van der Waals surface area (Å²) < 4.78 is 0. The van der Waals surface area contributed by atoms with Gasteiger partial charge in [0.25, 0.3) is 0 Å². The van der Waals surface area contributed by atoms with Crippen LogP contribution >= 0.6 is 0 Å². The predicted octanol–water partition coefficient (Wildman–Crippen LogP) is -1.09. The van der Waals surface area contributed by atoms with Crippen molar-refractivity contribution in [3.63, 3.8) is 0 Å². The number of hydrogen-bond acceptors (Lipinski definition) is 4. The molecule has 74 valence electrons. The van der Waals surface area contributed by atoms with Crippen LogP contribution < -0.4 is 11.1 Å². The van der Waals surface area contributed by atoms with Crippen LogP contribution in [0.25, 0.3) is 0 Å². The second-order valence-electron chi connectivity index (χ2n) is 2.81. The molecule has 0 spiro atoms. The lowest BCUT2D eigenvalue weighted by atomic mass is 10.4. The lowest BCUT2D eigenvalue weighted by molar-refractivity contribution is -0.121. The quantitative estimate of drug-likeness (QED) is 0.514. The minimum Gasteiger partial charge on any atom is -0.342 e. The van der Waals surface area contributed by atoms with Crippen LogP contribution in [0.5, 0.6) is 0 Å². The van der Waals surface area contributed by atoms with Gasteiger partial charge < -0.3 is 11.1 Å². The zero-order chi connectivity index (χ0) is 10.1. The van der Waals surface area contributed by atoms with Crippen LogP contribution in [0.3, 0.4) is 0 Å². The Morgan fingerprint density at radius 1 is 1.69 bits per heavy atom. The number of carbonyl (C=O) groups is 1. The Labute approximate surface area is 78.5 Å². The molecule has 0 aliphatic carbocycles. The van der Waals surface area contributed by atoms with Gasteiger partial charge in [0.2, 0.25) is 5.91 Å². The predicted molar refractivity (Wildman–Crippen MR) is 49.8 cm³/mol. The molecule has 0 aromatic rings. The minimum atomic E-state index is -0.124. The lowest BCUT2D eigenvalue weighted by Gasteiger charge is -2.14. The number of nitrogens with one attached hydrogen (secondary N) is 1. The van der Waals surface area contributed by atoms with Crippen LogP contribution in [0, 0.1) is 11.3 Å². The Morgan fingerprint density at radius 3 is 2.92 bits per heavy atom. The summed E-state index contributed by atoms with van der Waals surface area (Å²) in [6.07, 6.45) is 0.877. The molecule has 0 bridgehead atoms. The Kier molecular flexibility index (Phi) is 6.88. The van der Waals surface area contributed by atoms with Crippen molar-refractivity contribution >= 4 is 5.91 Å². The third-order valence-electron chi connectivity index (χ3n) is 1.52. The van der Waals surface area contributed by atoms with E-state index in [9.17, 15) is 4.79 Å². The van der Waals surface area contributed by atoms with Gasteiger partial charge in [-0.1, -0.05) is 0 Å². The molecule has 0 aliphatic rings. The fraction of sp³-hybridized carbons (Fsp3) is 0.750. The van der Waals surface area contributed by atoms with E-state index in [1.165, 1.54) is 0 Å². The first-order chi connectivity index (χ1) is 6.20. The Balaban J connectivity index is 3.48. The second-order valence-corrected chi connectivity index (χ2v) is 2.81. The molecule has 5 heteroatoms. The molecule has 0 atom stereocenters. The van der Waals surface area contributed by atoms with Crippen molar-refractivity contribution in [3.05, 3.63) is 0 Å². The van der Waals surface area contributed by atoms with E-state index in [1.54, 1.807) is 0 Å². The highest BCUT2D eigenvalue weighted by Gasteiger charge is 2.04. The average Bonchev–Trinajstić information content (AvgIpc) is 2.11. The Hall–Kier alpha value is -1.12. The molecule has 0 heterocycles. The number of nitrogens with zero attached hydrogens (tertiary/aromatic N) is 2. The summed E-state index contributed by atoms with van der Waals surface area (Å²) in [6, 6.07) is 1.84. The van der Waals surface area contributed by atoms with Crippen molar-refractivity contribution < 1.29 is 4.79 Å². The summed E-state index contributed by atoms with van der Waals surface area (Å²) in [5.41, 5.74) is 5.32. The molecule has 0 aromatic carbocycles. The molecule has 0 saturated carbocycles. The molecule has 0 radical (unpaired) electrons. The number of nitrogens with two attached hydrogens (primary N) is 1. The number of hydrogen-bond donors (Lipinski definition) is 2. The summed E-state index contributed by atoms with van der Waals surface area (Å²) in [5.74, 6) is -0.124. The molecule has 0 saturated heterocycles. The zero-order valence-corrected chi connectivity index (χ0v) is 7.92. The fourth-order valence-corrected chi connectivity index (χ4v) is 0.879. The molecule has 0 aliphatic heterocycles. The summed E-state index contributed by atoms with van der Waals surface area (Å²) in [7, 11) is 1.85. The van der Waals surface area contributed by atoms with Gasteiger partial charge >= 0.3 is 0 Å². The highest BCUT2D eigenvalue weighted by atomic mass is 16.1. The largest absolute Gasteiger partial charge is 0.342 e. The van der Waals surface area contributed by atoms with Crippen molar-refractivity contribution in [1.29, 1.82) is 5.26 Å². The van der Waals surface area contributed by atoms with Crippen molar-refractivity contribution in [1.82, 2.24) is 10.2 Å². The average molecular weight is 184 g/mol. The van der Waals surface area contributed by atoms with Crippen molar-refractivity contribution in [2.75, 3.05) is 33.2 Å². The standard InChI is InChI=1S/C8H16N4O/c1-12(6-2-3-9)7-8(13)11-5-4-10/h2-3,5-7,9H2,1H3,(H,11,13). The van der Waals surface area contributed by atoms with Gasteiger partial charge in [0.05, 0.1) is 12.6 Å². The lowest BCUT2D eigenvalue weighted by Crippen LogP contribution is -2.36. The van der Waals surface area contributed by atoms with Crippen LogP contribution in [0.4, 0.5) is 0 Å². The van der Waals surface area contributed by atoms with Gasteiger partial charge in [0, 0.05) is 0 Å². The first-order valence-corrected chi connectivity index (χ1v) is 4.23. The van der Waals surface area contributed by atoms with E-state index < -0.39 is 0 Å². The summed E-state index contributed by atoms with van der Waals surface area (Å²) >= 11 is 0. The molecule has 0 unspecified atom stereocenters. The maximum absolute atomic E-state index is 11.0. The highest BCUT2D eigenvalue weighted by Crippen LogP contribution is 1.84. The van der Waals surface area contributed by atoms with E-state index in [4.69, 9.17) is 11.0 Å². The van der Waals surface area contributed by atoms with Crippen LogP contribution in [-0.4, -0.2) is 44.0 Å². The van der Waals surface area contributed by atoms with Crippen molar-refractivity contribution in [3.8, 4) is 6.07 Å². The molecule has 1 amide bonds. The first-order valence-electron chi connectivity index (χ1n) is 4.23. The van der Waals surface area contributed by atoms with Crippen molar-refractivity contribution in [2.45, 2.75) is 6.42 Å². The number of carbonyl (C=O) groups excluding carboxylic acids is 1. The molecule has 0 aromatic heterocycles. The van der Waals surface area contributed by atoms with Gasteiger partial charge in [-0.15, -0.1) is 0 Å². The fourth-order valence-electron chi connectivity index (χ4n) is 0.879. The van der Waals surface area contributed by atoms with E-state index in [0.717, 1.165) is 13.0 Å². The number of likely N-dealkylation sites (N-methyl/N-ethyl adjacent to an activating group) is 1. The van der Waals surface area contributed by atoms with Crippen LogP contribution in [-0.2, 0) is 4.79 Å². The molecule has 13 heavy (non-hydrogen) atoms. The monoisotopic (exact) mass is 184 g/mol. The minimum absolute atomic E-state index is 0.0730. The maximum atomic E-state index is 11.0. The van der Waals surface area contributed by atoms with Crippen LogP contribution in [0.1, 0.15) is 6.42 Å². The zero-order valence-electron chi connectivity index (χ0n) is 7.92. The maximum Gasteiger partial charge on any atom is 0.234 e. The van der Waals surface area contributed by atoms with Gasteiger partial charge in [-0.3, -0.25) is 9.69 Å². The number of amides is 1. The van der Waals surface area contributed by atoms with E-state index in [2.05, 4.69) is 5.32 Å². The normalized spacial score (nSPS) is 9.69. The highest BCUT2D eigenvalue weighted by molar-refractivity contribution is 5.78. The molecular formula is C8H16N4O. The molecule has 3 N–H and O–H groups in total. The molecule has 5 nitrogen and oxygen atoms in total. The van der Waals surface area contributed by atoms with E-state index in [0.29, 0.717) is 13.1 Å². The topological polar surface area (TPSA) is 82.2 Å². The van der Waals surface area contributed by atoms with Gasteiger partial charge in [-0.25, -0.2) is 0 Å². The number of rotatable bonds is 6. The van der Waals surface area contributed by atoms with Crippen molar-refractivity contribution in [2.24, 2.45) is 5.73 Å².